The van der Waals surface area contributed by atoms with Gasteiger partial charge in [0.15, 0.2) is 5.84 Å². The summed E-state index contributed by atoms with van der Waals surface area (Å²) in [6.45, 7) is 0.354. The van der Waals surface area contributed by atoms with Gasteiger partial charge in [0.25, 0.3) is 0 Å². The van der Waals surface area contributed by atoms with Crippen molar-refractivity contribution in [3.05, 3.63) is 28.2 Å². The first-order valence-corrected chi connectivity index (χ1v) is 8.11. The van der Waals surface area contributed by atoms with Crippen molar-refractivity contribution in [2.45, 2.75) is 6.42 Å². The number of oxime groups is 1. The Balaban J connectivity index is 2.99. The zero-order chi connectivity index (χ0) is 15.2. The van der Waals surface area contributed by atoms with Crippen molar-refractivity contribution in [2.75, 3.05) is 24.2 Å². The summed E-state index contributed by atoms with van der Waals surface area (Å²) in [5.41, 5.74) is 6.06. The fourth-order valence-electron chi connectivity index (χ4n) is 1.49. The number of hydrogen-bond donors (Lipinski definition) is 3. The van der Waals surface area contributed by atoms with Crippen LogP contribution < -0.4 is 10.5 Å². The molecule has 0 saturated carbocycles. The predicted octanol–water partition coefficient (Wildman–Crippen LogP) is 1.32. The fraction of sp³-hybridized carbons (Fsp3) is 0.364. The molecule has 112 valence electrons. The Hall–Kier alpha value is -1.32. The molecule has 0 spiro atoms. The Morgan fingerprint density at radius 3 is 2.85 bits per heavy atom. The van der Waals surface area contributed by atoms with Crippen LogP contribution in [0.2, 0.25) is 0 Å². The number of hydrogen-bond acceptors (Lipinski definition) is 5. The first kappa shape index (κ1) is 16.7. The molecule has 9 heteroatoms. The summed E-state index contributed by atoms with van der Waals surface area (Å²) in [6.07, 6.45) is 0.374. The van der Waals surface area contributed by atoms with Crippen LogP contribution in [0.4, 0.5) is 5.69 Å². The Bertz CT molecular complexity index is 589. The monoisotopic (exact) mass is 365 g/mol. The van der Waals surface area contributed by atoms with Gasteiger partial charge in [-0.1, -0.05) is 21.1 Å². The molecule has 0 aliphatic carbocycles. The smallest absolute Gasteiger partial charge is 0.232 e. The van der Waals surface area contributed by atoms with Gasteiger partial charge < -0.3 is 15.7 Å². The minimum atomic E-state index is -3.53. The van der Waals surface area contributed by atoms with E-state index in [1.165, 1.54) is 7.11 Å². The molecule has 0 heterocycles. The molecular weight excluding hydrogens is 350 g/mol. The van der Waals surface area contributed by atoms with E-state index in [4.69, 9.17) is 15.7 Å². The number of rotatable bonds is 7. The lowest BCUT2D eigenvalue weighted by Crippen LogP contribution is -2.21. The van der Waals surface area contributed by atoms with Gasteiger partial charge in [-0.25, -0.2) is 8.42 Å². The predicted molar refractivity (Wildman–Crippen MR) is 80.6 cm³/mol. The van der Waals surface area contributed by atoms with Crippen molar-refractivity contribution in [1.82, 2.24) is 0 Å². The van der Waals surface area contributed by atoms with Gasteiger partial charge in [-0.15, -0.1) is 0 Å². The van der Waals surface area contributed by atoms with Crippen LogP contribution in [-0.2, 0) is 14.8 Å². The zero-order valence-electron chi connectivity index (χ0n) is 10.8. The van der Waals surface area contributed by atoms with Crippen LogP contribution >= 0.6 is 15.9 Å². The lowest BCUT2D eigenvalue weighted by Gasteiger charge is -2.12. The summed E-state index contributed by atoms with van der Waals surface area (Å²) in [5.74, 6) is -0.254. The molecule has 4 N–H and O–H groups in total. The topological polar surface area (TPSA) is 114 Å². The van der Waals surface area contributed by atoms with Gasteiger partial charge in [0, 0.05) is 23.8 Å². The highest BCUT2D eigenvalue weighted by Crippen LogP contribution is 2.22. The first-order valence-electron chi connectivity index (χ1n) is 5.66. The Labute approximate surface area is 126 Å². The molecule has 0 radical (unpaired) electrons. The van der Waals surface area contributed by atoms with Gasteiger partial charge in [-0.05, 0) is 24.6 Å². The maximum Gasteiger partial charge on any atom is 0.232 e. The highest BCUT2D eigenvalue weighted by Gasteiger charge is 2.15. The maximum absolute atomic E-state index is 11.9. The normalized spacial score (nSPS) is 12.4. The van der Waals surface area contributed by atoms with Crippen LogP contribution in [0.15, 0.2) is 27.8 Å². The molecular formula is C11H16BrN3O4S. The van der Waals surface area contributed by atoms with E-state index in [-0.39, 0.29) is 17.3 Å². The zero-order valence-corrected chi connectivity index (χ0v) is 13.2. The van der Waals surface area contributed by atoms with Gasteiger partial charge >= 0.3 is 0 Å². The van der Waals surface area contributed by atoms with Gasteiger partial charge in [0.1, 0.15) is 0 Å². The molecule has 1 aromatic rings. The number of benzene rings is 1. The summed E-state index contributed by atoms with van der Waals surface area (Å²) < 4.78 is 31.7. The number of sulfonamides is 1. The van der Waals surface area contributed by atoms with Crippen LogP contribution in [0.25, 0.3) is 0 Å². The molecule has 7 nitrogen and oxygen atoms in total. The highest BCUT2D eigenvalue weighted by molar-refractivity contribution is 9.10. The molecule has 1 rings (SSSR count). The lowest BCUT2D eigenvalue weighted by molar-refractivity contribution is 0.199. The molecule has 20 heavy (non-hydrogen) atoms. The minimum Gasteiger partial charge on any atom is -0.409 e. The molecule has 0 amide bonds. The van der Waals surface area contributed by atoms with E-state index in [0.717, 1.165) is 0 Å². The second kappa shape index (κ2) is 7.46. The van der Waals surface area contributed by atoms with Crippen molar-refractivity contribution in [1.29, 1.82) is 0 Å². The Morgan fingerprint density at radius 2 is 2.25 bits per heavy atom. The van der Waals surface area contributed by atoms with Crippen molar-refractivity contribution in [3.8, 4) is 0 Å². The fourth-order valence-corrected chi connectivity index (χ4v) is 2.95. The summed E-state index contributed by atoms with van der Waals surface area (Å²) >= 11 is 3.24. The van der Waals surface area contributed by atoms with Crippen molar-refractivity contribution >= 4 is 37.5 Å². The summed E-state index contributed by atoms with van der Waals surface area (Å²) in [4.78, 5) is 0. The van der Waals surface area contributed by atoms with Crippen LogP contribution in [0, 0.1) is 0 Å². The third-order valence-corrected chi connectivity index (χ3v) is 4.24. The number of ether oxygens (including phenoxy) is 1. The van der Waals surface area contributed by atoms with E-state index < -0.39 is 10.0 Å². The lowest BCUT2D eigenvalue weighted by atomic mass is 10.2. The molecule has 0 aromatic heterocycles. The van der Waals surface area contributed by atoms with Crippen molar-refractivity contribution in [3.63, 3.8) is 0 Å². The minimum absolute atomic E-state index is 0.0804. The number of anilines is 1. The Morgan fingerprint density at radius 1 is 1.55 bits per heavy atom. The van der Waals surface area contributed by atoms with E-state index in [0.29, 0.717) is 23.1 Å². The van der Waals surface area contributed by atoms with Crippen LogP contribution in [-0.4, -0.2) is 38.9 Å². The van der Waals surface area contributed by atoms with E-state index in [9.17, 15) is 8.42 Å². The Kier molecular flexibility index (Phi) is 6.24. The van der Waals surface area contributed by atoms with Crippen molar-refractivity contribution in [2.24, 2.45) is 10.9 Å². The van der Waals surface area contributed by atoms with E-state index >= 15 is 0 Å². The SMILES string of the molecule is COCCCS(=O)(=O)Nc1cc(Br)ccc1/C(N)=N/O. The molecule has 0 unspecified atom stereocenters. The molecule has 0 atom stereocenters. The second-order valence-corrected chi connectivity index (χ2v) is 6.70. The third-order valence-electron chi connectivity index (χ3n) is 2.39. The van der Waals surface area contributed by atoms with Crippen LogP contribution in [0.3, 0.4) is 0 Å². The number of methoxy groups -OCH3 is 1. The second-order valence-electron chi connectivity index (χ2n) is 3.94. The number of nitrogens with zero attached hydrogens (tertiary/aromatic N) is 1. The van der Waals surface area contributed by atoms with Gasteiger partial charge in [0.05, 0.1) is 11.4 Å². The average molecular weight is 366 g/mol. The van der Waals surface area contributed by atoms with Crippen LogP contribution in [0.5, 0.6) is 0 Å². The summed E-state index contributed by atoms with van der Waals surface area (Å²) in [5, 5.41) is 11.6. The number of halogens is 1. The van der Waals surface area contributed by atoms with E-state index in [1.54, 1.807) is 18.2 Å². The van der Waals surface area contributed by atoms with Crippen molar-refractivity contribution < 1.29 is 18.4 Å². The highest BCUT2D eigenvalue weighted by atomic mass is 79.9. The molecule has 1 aromatic carbocycles. The van der Waals surface area contributed by atoms with E-state index in [2.05, 4.69) is 25.8 Å². The van der Waals surface area contributed by atoms with Gasteiger partial charge in [-0.3, -0.25) is 4.72 Å². The number of amidine groups is 1. The summed E-state index contributed by atoms with van der Waals surface area (Å²) in [6, 6.07) is 4.75. The van der Waals surface area contributed by atoms with Gasteiger partial charge in [0.2, 0.25) is 10.0 Å². The van der Waals surface area contributed by atoms with Gasteiger partial charge in [-0.2, -0.15) is 0 Å². The third kappa shape index (κ3) is 4.99. The maximum atomic E-state index is 11.9. The molecule has 0 aliphatic heterocycles. The molecule has 0 fully saturated rings. The molecule has 0 bridgehead atoms. The standard InChI is InChI=1S/C11H16BrN3O4S/c1-19-5-2-6-20(17,18)15-10-7-8(12)3-4-9(10)11(13)14-16/h3-4,7,15-16H,2,5-6H2,1H3,(H2,13,14). The van der Waals surface area contributed by atoms with E-state index in [1.807, 2.05) is 0 Å². The molecule has 0 saturated heterocycles. The number of nitrogens with two attached hydrogens (primary N) is 1. The first-order chi connectivity index (χ1) is 9.39. The summed E-state index contributed by atoms with van der Waals surface area (Å²) in [7, 11) is -2.03. The van der Waals surface area contributed by atoms with Crippen LogP contribution in [0.1, 0.15) is 12.0 Å². The average Bonchev–Trinajstić information content (AvgIpc) is 2.37. The quantitative estimate of drug-likeness (QED) is 0.221. The largest absolute Gasteiger partial charge is 0.409 e. The number of nitrogens with one attached hydrogen (secondary N) is 1. The molecule has 0 aliphatic rings.